The van der Waals surface area contributed by atoms with Crippen LogP contribution in [0.2, 0.25) is 0 Å². The average Bonchev–Trinajstić information content (AvgIpc) is 3.09. The van der Waals surface area contributed by atoms with Crippen molar-refractivity contribution in [3.8, 4) is 0 Å². The Kier molecular flexibility index (Phi) is 3.90. The molecule has 1 aliphatic rings. The number of amides is 1. The van der Waals surface area contributed by atoms with Gasteiger partial charge in [-0.15, -0.1) is 0 Å². The standard InChI is InChI=1S/C20H16N2O3/c23-19(22-12-11-15-6-2-4-8-18(15)22)13-25-20(24)17-10-9-14-5-1-3-7-16(14)21-17/h1-10H,11-13H2. The van der Waals surface area contributed by atoms with Gasteiger partial charge in [-0.05, 0) is 30.2 Å². The summed E-state index contributed by atoms with van der Waals surface area (Å²) in [6.45, 7) is 0.325. The first-order chi connectivity index (χ1) is 12.2. The molecule has 5 heteroatoms. The van der Waals surface area contributed by atoms with E-state index in [9.17, 15) is 9.59 Å². The largest absolute Gasteiger partial charge is 0.451 e. The van der Waals surface area contributed by atoms with Crippen molar-refractivity contribution >= 4 is 28.5 Å². The van der Waals surface area contributed by atoms with Crippen LogP contribution in [0.25, 0.3) is 10.9 Å². The number of pyridine rings is 1. The molecule has 1 amide bonds. The van der Waals surface area contributed by atoms with Crippen molar-refractivity contribution in [2.45, 2.75) is 6.42 Å². The Hall–Kier alpha value is -3.21. The highest BCUT2D eigenvalue weighted by molar-refractivity contribution is 5.98. The summed E-state index contributed by atoms with van der Waals surface area (Å²) in [7, 11) is 0. The van der Waals surface area contributed by atoms with E-state index < -0.39 is 5.97 Å². The molecule has 0 unspecified atom stereocenters. The van der Waals surface area contributed by atoms with Gasteiger partial charge in [0.25, 0.3) is 5.91 Å². The molecule has 1 aromatic heterocycles. The summed E-state index contributed by atoms with van der Waals surface area (Å²) in [6.07, 6.45) is 0.822. The first-order valence-electron chi connectivity index (χ1n) is 8.13. The smallest absolute Gasteiger partial charge is 0.357 e. The van der Waals surface area contributed by atoms with Gasteiger partial charge in [0.05, 0.1) is 5.52 Å². The molecule has 0 atom stereocenters. The number of carbonyl (C=O) groups excluding carboxylic acids is 2. The maximum Gasteiger partial charge on any atom is 0.357 e. The summed E-state index contributed by atoms with van der Waals surface area (Å²) >= 11 is 0. The third-order valence-corrected chi connectivity index (χ3v) is 4.32. The van der Waals surface area contributed by atoms with Crippen LogP contribution in [0.3, 0.4) is 0 Å². The van der Waals surface area contributed by atoms with Crippen LogP contribution in [0.5, 0.6) is 0 Å². The van der Waals surface area contributed by atoms with Crippen molar-refractivity contribution in [2.75, 3.05) is 18.1 Å². The molecule has 0 spiro atoms. The Morgan fingerprint density at radius 3 is 2.72 bits per heavy atom. The lowest BCUT2D eigenvalue weighted by atomic mass is 10.2. The minimum atomic E-state index is -0.591. The highest BCUT2D eigenvalue weighted by atomic mass is 16.5. The Bertz CT molecular complexity index is 968. The number of nitrogens with zero attached hydrogens (tertiary/aromatic N) is 2. The first-order valence-corrected chi connectivity index (χ1v) is 8.13. The summed E-state index contributed by atoms with van der Waals surface area (Å²) in [5, 5.41) is 0.948. The van der Waals surface area contributed by atoms with Crippen molar-refractivity contribution in [3.05, 3.63) is 71.9 Å². The van der Waals surface area contributed by atoms with Crippen molar-refractivity contribution in [1.29, 1.82) is 0 Å². The summed E-state index contributed by atoms with van der Waals surface area (Å²) in [5.74, 6) is -0.814. The molecule has 1 aliphatic heterocycles. The topological polar surface area (TPSA) is 59.5 Å². The predicted molar refractivity (Wildman–Crippen MR) is 94.5 cm³/mol. The Morgan fingerprint density at radius 2 is 1.80 bits per heavy atom. The molecule has 0 N–H and O–H groups in total. The van der Waals surface area contributed by atoms with Crippen molar-refractivity contribution < 1.29 is 14.3 Å². The van der Waals surface area contributed by atoms with Crippen LogP contribution in [-0.2, 0) is 16.0 Å². The van der Waals surface area contributed by atoms with Gasteiger partial charge >= 0.3 is 5.97 Å². The van der Waals surface area contributed by atoms with E-state index in [0.29, 0.717) is 6.54 Å². The van der Waals surface area contributed by atoms with Gasteiger partial charge in [-0.1, -0.05) is 42.5 Å². The molecular weight excluding hydrogens is 316 g/mol. The molecule has 0 bridgehead atoms. The van der Waals surface area contributed by atoms with Crippen LogP contribution >= 0.6 is 0 Å². The number of esters is 1. The lowest BCUT2D eigenvalue weighted by Crippen LogP contribution is -2.33. The molecule has 0 saturated carbocycles. The number of anilines is 1. The van der Waals surface area contributed by atoms with Crippen LogP contribution in [-0.4, -0.2) is 30.0 Å². The zero-order chi connectivity index (χ0) is 17.2. The minimum Gasteiger partial charge on any atom is -0.451 e. The summed E-state index contributed by atoms with van der Waals surface area (Å²) in [4.78, 5) is 30.5. The highest BCUT2D eigenvalue weighted by Gasteiger charge is 2.25. The van der Waals surface area contributed by atoms with Crippen LogP contribution in [0.1, 0.15) is 16.1 Å². The fourth-order valence-corrected chi connectivity index (χ4v) is 3.06. The van der Waals surface area contributed by atoms with E-state index in [1.54, 1.807) is 11.0 Å². The van der Waals surface area contributed by atoms with Gasteiger partial charge in [-0.3, -0.25) is 4.79 Å². The molecule has 4 rings (SSSR count). The molecule has 3 aromatic rings. The maximum absolute atomic E-state index is 12.4. The summed E-state index contributed by atoms with van der Waals surface area (Å²) in [6, 6.07) is 18.7. The molecule has 0 aliphatic carbocycles. The van der Waals surface area contributed by atoms with Gasteiger partial charge < -0.3 is 9.64 Å². The predicted octanol–water partition coefficient (Wildman–Crippen LogP) is 2.98. The third kappa shape index (κ3) is 2.96. The number of aromatic nitrogens is 1. The van der Waals surface area contributed by atoms with Gasteiger partial charge in [0.15, 0.2) is 6.61 Å². The number of hydrogen-bond acceptors (Lipinski definition) is 4. The zero-order valence-corrected chi connectivity index (χ0v) is 13.5. The number of rotatable bonds is 3. The normalized spacial score (nSPS) is 12.9. The van der Waals surface area contributed by atoms with E-state index >= 15 is 0 Å². The van der Waals surface area contributed by atoms with Gasteiger partial charge in [0.2, 0.25) is 0 Å². The number of carbonyl (C=O) groups is 2. The van der Waals surface area contributed by atoms with Crippen LogP contribution in [0, 0.1) is 0 Å². The van der Waals surface area contributed by atoms with Crippen LogP contribution in [0.4, 0.5) is 5.69 Å². The van der Waals surface area contributed by atoms with Crippen molar-refractivity contribution in [3.63, 3.8) is 0 Å². The fourth-order valence-electron chi connectivity index (χ4n) is 3.06. The van der Waals surface area contributed by atoms with Crippen molar-refractivity contribution in [2.24, 2.45) is 0 Å². The lowest BCUT2D eigenvalue weighted by molar-refractivity contribution is -0.121. The quantitative estimate of drug-likeness (QED) is 0.692. The van der Waals surface area contributed by atoms with E-state index in [-0.39, 0.29) is 18.2 Å². The van der Waals surface area contributed by atoms with E-state index in [0.717, 1.165) is 28.6 Å². The second-order valence-corrected chi connectivity index (χ2v) is 5.89. The Balaban J connectivity index is 1.44. The second-order valence-electron chi connectivity index (χ2n) is 5.89. The minimum absolute atomic E-state index is 0.202. The number of ether oxygens (including phenoxy) is 1. The fraction of sp³-hybridized carbons (Fsp3) is 0.150. The Morgan fingerprint density at radius 1 is 1.00 bits per heavy atom. The number of para-hydroxylation sites is 2. The lowest BCUT2D eigenvalue weighted by Gasteiger charge is -2.17. The van der Waals surface area contributed by atoms with E-state index in [4.69, 9.17) is 4.74 Å². The molecule has 0 fully saturated rings. The second kappa shape index (κ2) is 6.36. The summed E-state index contributed by atoms with van der Waals surface area (Å²) in [5.41, 5.74) is 2.95. The number of benzene rings is 2. The third-order valence-electron chi connectivity index (χ3n) is 4.32. The van der Waals surface area contributed by atoms with E-state index in [1.165, 1.54) is 0 Å². The maximum atomic E-state index is 12.4. The van der Waals surface area contributed by atoms with Crippen LogP contribution in [0.15, 0.2) is 60.7 Å². The highest BCUT2D eigenvalue weighted by Crippen LogP contribution is 2.27. The number of fused-ring (bicyclic) bond motifs is 2. The molecule has 2 aromatic carbocycles. The molecule has 0 radical (unpaired) electrons. The van der Waals surface area contributed by atoms with Crippen molar-refractivity contribution in [1.82, 2.24) is 4.98 Å². The molecule has 5 nitrogen and oxygen atoms in total. The SMILES string of the molecule is O=C(OCC(=O)N1CCc2ccccc21)c1ccc2ccccc2n1. The van der Waals surface area contributed by atoms with Gasteiger partial charge in [-0.25, -0.2) is 9.78 Å². The molecule has 2 heterocycles. The average molecular weight is 332 g/mol. The van der Waals surface area contributed by atoms with E-state index in [1.807, 2.05) is 54.6 Å². The monoisotopic (exact) mass is 332 g/mol. The number of hydrogen-bond donors (Lipinski definition) is 0. The van der Waals surface area contributed by atoms with Gasteiger partial charge in [-0.2, -0.15) is 0 Å². The molecule has 25 heavy (non-hydrogen) atoms. The Labute approximate surface area is 144 Å². The van der Waals surface area contributed by atoms with Gasteiger partial charge in [0, 0.05) is 17.6 Å². The van der Waals surface area contributed by atoms with E-state index in [2.05, 4.69) is 4.98 Å². The van der Waals surface area contributed by atoms with Gasteiger partial charge in [0.1, 0.15) is 5.69 Å². The molecule has 124 valence electrons. The summed E-state index contributed by atoms with van der Waals surface area (Å²) < 4.78 is 5.17. The van der Waals surface area contributed by atoms with Crippen LogP contribution < -0.4 is 4.90 Å². The molecular formula is C20H16N2O3. The molecule has 0 saturated heterocycles. The zero-order valence-electron chi connectivity index (χ0n) is 13.5. The first kappa shape index (κ1) is 15.3.